The van der Waals surface area contributed by atoms with E-state index >= 15 is 0 Å². The quantitative estimate of drug-likeness (QED) is 0.649. The predicted molar refractivity (Wildman–Crippen MR) is 68.3 cm³/mol. The summed E-state index contributed by atoms with van der Waals surface area (Å²) in [5.41, 5.74) is -0.387. The second-order valence-electron chi connectivity index (χ2n) is 3.81. The first kappa shape index (κ1) is 11.2. The van der Waals surface area contributed by atoms with Crippen LogP contribution in [0.15, 0.2) is 42.7 Å². The van der Waals surface area contributed by atoms with Gasteiger partial charge in [-0.15, -0.1) is 0 Å². The Morgan fingerprint density at radius 2 is 1.83 bits per heavy atom. The van der Waals surface area contributed by atoms with Crippen molar-refractivity contribution in [3.8, 4) is 0 Å². The van der Waals surface area contributed by atoms with Crippen LogP contribution in [0.3, 0.4) is 0 Å². The molecule has 0 aliphatic rings. The molecule has 4 nitrogen and oxygen atoms in total. The normalized spacial score (nSPS) is 11.2. The molecule has 1 heterocycles. The molecule has 0 saturated carbocycles. The second kappa shape index (κ2) is 3.78. The molecule has 0 fully saturated rings. The molecule has 1 aromatic heterocycles. The van der Waals surface area contributed by atoms with Gasteiger partial charge in [-0.3, -0.25) is 4.98 Å². The van der Waals surface area contributed by atoms with Crippen LogP contribution in [0, 0.1) is 5.82 Å². The van der Waals surface area contributed by atoms with Gasteiger partial charge in [0.1, 0.15) is 5.82 Å². The van der Waals surface area contributed by atoms with Crippen molar-refractivity contribution in [2.45, 2.75) is 0 Å². The maximum atomic E-state index is 13.4. The van der Waals surface area contributed by atoms with Gasteiger partial charge in [0.2, 0.25) is 0 Å². The third kappa shape index (κ3) is 1.65. The number of nitrogens with one attached hydrogen (secondary N) is 1. The molecule has 3 rings (SSSR count). The molecule has 0 aliphatic heterocycles. The van der Waals surface area contributed by atoms with Crippen LogP contribution in [0.4, 0.5) is 4.39 Å². The Hall–Kier alpha value is -1.95. The molecule has 0 bridgehead atoms. The zero-order valence-corrected chi connectivity index (χ0v) is 10.4. The van der Waals surface area contributed by atoms with E-state index in [1.165, 1.54) is 6.07 Å². The largest absolute Gasteiger partial charge is 0.419 e. The number of rotatable bonds is 0. The molecule has 0 radical (unpaired) electrons. The smallest absolute Gasteiger partial charge is 0.372 e. The van der Waals surface area contributed by atoms with E-state index in [1.807, 2.05) is 0 Å². The van der Waals surface area contributed by atoms with E-state index in [-0.39, 0.29) is 5.39 Å². The number of halogens is 2. The van der Waals surface area contributed by atoms with Crippen molar-refractivity contribution in [1.29, 1.82) is 0 Å². The van der Waals surface area contributed by atoms with Gasteiger partial charge in [0.15, 0.2) is 0 Å². The van der Waals surface area contributed by atoms with Crippen molar-refractivity contribution in [3.63, 3.8) is 0 Å². The lowest BCUT2D eigenvalue weighted by atomic mass is 10.1. The zero-order valence-electron chi connectivity index (χ0n) is 8.79. The lowest BCUT2D eigenvalue weighted by Crippen LogP contribution is -2.14. The molecule has 1 N–H and O–H groups in total. The average molecular weight is 310 g/mol. The molecule has 0 amide bonds. The summed E-state index contributed by atoms with van der Waals surface area (Å²) in [7, 11) is 0. The second-order valence-corrected chi connectivity index (χ2v) is 4.67. The van der Waals surface area contributed by atoms with E-state index in [2.05, 4.69) is 25.3 Å². The van der Waals surface area contributed by atoms with Crippen molar-refractivity contribution < 1.29 is 8.81 Å². The highest BCUT2D eigenvalue weighted by Gasteiger charge is 2.07. The van der Waals surface area contributed by atoms with Gasteiger partial charge in [-0.2, -0.15) is 0 Å². The number of benzene rings is 2. The Bertz CT molecular complexity index is 897. The van der Waals surface area contributed by atoms with Gasteiger partial charge in [0.25, 0.3) is 0 Å². The number of fused-ring (bicyclic) bond motifs is 2. The van der Waals surface area contributed by atoms with Gasteiger partial charge in [-0.05, 0) is 51.0 Å². The molecule has 0 spiro atoms. The van der Waals surface area contributed by atoms with Crippen LogP contribution in [0.2, 0.25) is 0 Å². The van der Waals surface area contributed by atoms with Gasteiger partial charge in [0, 0.05) is 0 Å². The molecule has 6 heteroatoms. The fourth-order valence-corrected chi connectivity index (χ4v) is 2.20. The van der Waals surface area contributed by atoms with Crippen LogP contribution in [-0.4, -0.2) is 4.98 Å². The molecule has 0 unspecified atom stereocenters. The number of hydrogen-bond donors (Lipinski definition) is 1. The van der Waals surface area contributed by atoms with E-state index in [9.17, 15) is 14.0 Å². The summed E-state index contributed by atoms with van der Waals surface area (Å²) in [6.07, 6.45) is 0. The Labute approximate surface area is 107 Å². The first-order valence-corrected chi connectivity index (χ1v) is 5.80. The molecule has 0 saturated heterocycles. The summed E-state index contributed by atoms with van der Waals surface area (Å²) in [6.45, 7) is 0. The molecule has 0 atom stereocenters. The van der Waals surface area contributed by atoms with E-state index in [0.29, 0.717) is 20.8 Å². The van der Waals surface area contributed by atoms with Crippen LogP contribution >= 0.6 is 15.9 Å². The number of H-pyrrole nitrogens is 1. The summed E-state index contributed by atoms with van der Waals surface area (Å²) in [4.78, 5) is 25.0. The van der Waals surface area contributed by atoms with E-state index in [1.54, 1.807) is 18.2 Å². The molecule has 0 aliphatic carbocycles. The van der Waals surface area contributed by atoms with Gasteiger partial charge >= 0.3 is 11.4 Å². The lowest BCUT2D eigenvalue weighted by molar-refractivity contribution is 0.460. The summed E-state index contributed by atoms with van der Waals surface area (Å²) in [6, 6.07) is 5.98. The molecule has 3 aromatic rings. The topological polar surface area (TPSA) is 63.1 Å². The Morgan fingerprint density at radius 3 is 2.61 bits per heavy atom. The van der Waals surface area contributed by atoms with Crippen LogP contribution in [0.25, 0.3) is 21.7 Å². The van der Waals surface area contributed by atoms with Crippen molar-refractivity contribution in [3.05, 3.63) is 55.5 Å². The fourth-order valence-electron chi connectivity index (χ4n) is 1.84. The summed E-state index contributed by atoms with van der Waals surface area (Å²) < 4.78 is 18.2. The standard InChI is InChI=1S/C12H5BrFNO3/c13-8-2-5-1-7-10(4-6(5)3-9(8)14)15-12(17)18-11(7)16/h1-4H,(H,15,17). The molecular weight excluding hydrogens is 305 g/mol. The van der Waals surface area contributed by atoms with Crippen LogP contribution in [0.1, 0.15) is 0 Å². The van der Waals surface area contributed by atoms with E-state index in [0.717, 1.165) is 0 Å². The van der Waals surface area contributed by atoms with Crippen LogP contribution < -0.4 is 11.4 Å². The third-order valence-corrected chi connectivity index (χ3v) is 3.27. The predicted octanol–water partition coefficient (Wildman–Crippen LogP) is 2.54. The zero-order chi connectivity index (χ0) is 12.9. The van der Waals surface area contributed by atoms with Gasteiger partial charge in [0.05, 0.1) is 15.4 Å². The summed E-state index contributed by atoms with van der Waals surface area (Å²) in [5, 5.41) is 1.51. The highest BCUT2D eigenvalue weighted by Crippen LogP contribution is 2.25. The Balaban J connectivity index is 2.55. The first-order valence-electron chi connectivity index (χ1n) is 5.00. The van der Waals surface area contributed by atoms with Crippen molar-refractivity contribution >= 4 is 37.6 Å². The highest BCUT2D eigenvalue weighted by atomic mass is 79.9. The molecule has 90 valence electrons. The molecule has 2 aromatic carbocycles. The minimum atomic E-state index is -0.829. The molecule has 18 heavy (non-hydrogen) atoms. The maximum absolute atomic E-state index is 13.4. The average Bonchev–Trinajstić information content (AvgIpc) is 2.29. The van der Waals surface area contributed by atoms with Crippen LogP contribution in [-0.2, 0) is 0 Å². The first-order chi connectivity index (χ1) is 8.54. The van der Waals surface area contributed by atoms with Crippen molar-refractivity contribution in [2.24, 2.45) is 0 Å². The van der Waals surface area contributed by atoms with Crippen LogP contribution in [0.5, 0.6) is 0 Å². The monoisotopic (exact) mass is 309 g/mol. The van der Waals surface area contributed by atoms with E-state index in [4.69, 9.17) is 0 Å². The SMILES string of the molecule is O=c1[nH]c2cc3cc(F)c(Br)cc3cc2c(=O)o1. The van der Waals surface area contributed by atoms with Crippen molar-refractivity contribution in [1.82, 2.24) is 4.98 Å². The lowest BCUT2D eigenvalue weighted by Gasteiger charge is -2.02. The molecular formula is C12H5BrFNO3. The van der Waals surface area contributed by atoms with Gasteiger partial charge < -0.3 is 4.42 Å². The Kier molecular flexibility index (Phi) is 2.34. The minimum Gasteiger partial charge on any atom is -0.372 e. The highest BCUT2D eigenvalue weighted by molar-refractivity contribution is 9.10. The maximum Gasteiger partial charge on any atom is 0.419 e. The van der Waals surface area contributed by atoms with Gasteiger partial charge in [-0.1, -0.05) is 0 Å². The third-order valence-electron chi connectivity index (χ3n) is 2.66. The van der Waals surface area contributed by atoms with Crippen molar-refractivity contribution in [2.75, 3.05) is 0 Å². The van der Waals surface area contributed by atoms with E-state index < -0.39 is 17.2 Å². The minimum absolute atomic E-state index is 0.251. The Morgan fingerprint density at radius 1 is 1.11 bits per heavy atom. The fraction of sp³-hybridized carbons (Fsp3) is 0. The number of aromatic nitrogens is 1. The van der Waals surface area contributed by atoms with Gasteiger partial charge in [-0.25, -0.2) is 14.0 Å². The number of aromatic amines is 1. The summed E-state index contributed by atoms with van der Waals surface area (Å²) >= 11 is 3.08. The number of hydrogen-bond acceptors (Lipinski definition) is 3. The summed E-state index contributed by atoms with van der Waals surface area (Å²) in [5.74, 6) is -1.24.